The lowest BCUT2D eigenvalue weighted by atomic mass is 9.98. The van der Waals surface area contributed by atoms with Crippen molar-refractivity contribution in [1.82, 2.24) is 5.32 Å². The molecule has 2 aromatic carbocycles. The van der Waals surface area contributed by atoms with E-state index in [4.69, 9.17) is 4.74 Å². The number of unbranched alkanes of at least 4 members (excludes halogenated alkanes) is 2. The summed E-state index contributed by atoms with van der Waals surface area (Å²) < 4.78 is 5.46. The van der Waals surface area contributed by atoms with Crippen LogP contribution >= 0.6 is 0 Å². The Bertz CT molecular complexity index is 885. The normalized spacial score (nSPS) is 13.1. The molecule has 2 N–H and O–H groups in total. The molecule has 158 valence electrons. The van der Waals surface area contributed by atoms with Crippen molar-refractivity contribution in [2.24, 2.45) is 0 Å². The van der Waals surface area contributed by atoms with Gasteiger partial charge in [-0.15, -0.1) is 0 Å². The number of ether oxygens (including phenoxy) is 1. The van der Waals surface area contributed by atoms with Gasteiger partial charge in [-0.1, -0.05) is 66.6 Å². The molecule has 0 heterocycles. The van der Waals surface area contributed by atoms with Crippen LogP contribution in [0.25, 0.3) is 11.1 Å². The maximum atomic E-state index is 12.3. The summed E-state index contributed by atoms with van der Waals surface area (Å²) in [4.78, 5) is 23.8. The number of alkyl carbamates (subject to hydrolysis) is 1. The van der Waals surface area contributed by atoms with E-state index in [1.807, 2.05) is 50.2 Å². The van der Waals surface area contributed by atoms with Crippen LogP contribution in [-0.4, -0.2) is 29.8 Å². The number of carbonyl (C=O) groups excluding carboxylic acids is 1. The first-order valence-corrected chi connectivity index (χ1v) is 10.4. The van der Waals surface area contributed by atoms with Gasteiger partial charge in [-0.3, -0.25) is 0 Å². The Hall–Kier alpha value is -3.08. The number of allylic oxidation sites excluding steroid dienone is 2. The number of carbonyl (C=O) groups is 2. The van der Waals surface area contributed by atoms with E-state index in [1.54, 1.807) is 0 Å². The number of rotatable bonds is 9. The second-order valence-corrected chi connectivity index (χ2v) is 7.93. The Morgan fingerprint density at radius 1 is 1.03 bits per heavy atom. The number of carboxylic acid groups (broad SMARTS) is 1. The van der Waals surface area contributed by atoms with Crippen molar-refractivity contribution in [3.05, 3.63) is 71.3 Å². The number of aliphatic carboxylic acids is 1. The van der Waals surface area contributed by atoms with Gasteiger partial charge in [-0.05, 0) is 55.4 Å². The van der Waals surface area contributed by atoms with E-state index in [0.717, 1.165) is 41.5 Å². The number of hydrogen-bond acceptors (Lipinski definition) is 3. The highest BCUT2D eigenvalue weighted by Crippen LogP contribution is 2.44. The van der Waals surface area contributed by atoms with Gasteiger partial charge in [0.1, 0.15) is 12.6 Å². The third-order valence-electron chi connectivity index (χ3n) is 5.43. The molecule has 0 aliphatic heterocycles. The molecule has 5 nitrogen and oxygen atoms in total. The lowest BCUT2D eigenvalue weighted by Gasteiger charge is -2.17. The van der Waals surface area contributed by atoms with Gasteiger partial charge in [0.15, 0.2) is 0 Å². The fraction of sp³-hybridized carbons (Fsp3) is 0.360. The second-order valence-electron chi connectivity index (χ2n) is 7.93. The fourth-order valence-electron chi connectivity index (χ4n) is 3.92. The van der Waals surface area contributed by atoms with Crippen molar-refractivity contribution in [3.63, 3.8) is 0 Å². The van der Waals surface area contributed by atoms with Crippen molar-refractivity contribution < 1.29 is 19.4 Å². The Labute approximate surface area is 177 Å². The lowest BCUT2D eigenvalue weighted by Crippen LogP contribution is -2.41. The zero-order chi connectivity index (χ0) is 21.5. The van der Waals surface area contributed by atoms with Crippen LogP contribution in [0.4, 0.5) is 4.79 Å². The second kappa shape index (κ2) is 10.1. The number of nitrogens with one attached hydrogen (secondary N) is 1. The van der Waals surface area contributed by atoms with Crippen LogP contribution in [-0.2, 0) is 9.53 Å². The van der Waals surface area contributed by atoms with Gasteiger partial charge in [0.25, 0.3) is 0 Å². The molecule has 0 aromatic heterocycles. The molecular weight excluding hydrogens is 378 g/mol. The number of carboxylic acids is 1. The maximum Gasteiger partial charge on any atom is 0.407 e. The first-order valence-electron chi connectivity index (χ1n) is 10.4. The molecule has 1 unspecified atom stereocenters. The summed E-state index contributed by atoms with van der Waals surface area (Å²) in [6.45, 7) is 4.25. The van der Waals surface area contributed by atoms with Gasteiger partial charge in [-0.25, -0.2) is 9.59 Å². The summed E-state index contributed by atoms with van der Waals surface area (Å²) in [6, 6.07) is 15.3. The molecular formula is C25H29NO4. The summed E-state index contributed by atoms with van der Waals surface area (Å²) in [5.41, 5.74) is 5.81. The van der Waals surface area contributed by atoms with Gasteiger partial charge < -0.3 is 15.2 Å². The maximum absolute atomic E-state index is 12.3. The molecule has 0 spiro atoms. The molecule has 5 heteroatoms. The van der Waals surface area contributed by atoms with Gasteiger partial charge in [0, 0.05) is 5.92 Å². The minimum atomic E-state index is -1.04. The van der Waals surface area contributed by atoms with E-state index in [0.29, 0.717) is 6.42 Å². The monoisotopic (exact) mass is 407 g/mol. The van der Waals surface area contributed by atoms with E-state index in [1.165, 1.54) is 5.57 Å². The molecule has 0 bridgehead atoms. The number of fused-ring (bicyclic) bond motifs is 3. The SMILES string of the molecule is CC(C)=CCCCCC(NC(=O)OCC1c2ccccc2-c2ccccc21)C(=O)O. The van der Waals surface area contributed by atoms with E-state index in [9.17, 15) is 14.7 Å². The Balaban J connectivity index is 1.56. The molecule has 0 saturated carbocycles. The molecule has 2 aromatic rings. The Kier molecular flexibility index (Phi) is 7.28. The summed E-state index contributed by atoms with van der Waals surface area (Å²) in [5, 5.41) is 11.9. The minimum absolute atomic E-state index is 0.0458. The van der Waals surface area contributed by atoms with Crippen LogP contribution < -0.4 is 5.32 Å². The molecule has 30 heavy (non-hydrogen) atoms. The topological polar surface area (TPSA) is 75.6 Å². The summed E-state index contributed by atoms with van der Waals surface area (Å²) >= 11 is 0. The zero-order valence-corrected chi connectivity index (χ0v) is 17.6. The molecule has 0 fully saturated rings. The van der Waals surface area contributed by atoms with Crippen LogP contribution in [0.1, 0.15) is 56.6 Å². The highest BCUT2D eigenvalue weighted by molar-refractivity contribution is 5.81. The Morgan fingerprint density at radius 2 is 1.63 bits per heavy atom. The predicted octanol–water partition coefficient (Wildman–Crippen LogP) is 5.50. The minimum Gasteiger partial charge on any atom is -0.480 e. The molecule has 1 atom stereocenters. The van der Waals surface area contributed by atoms with Crippen molar-refractivity contribution >= 4 is 12.1 Å². The predicted molar refractivity (Wildman–Crippen MR) is 118 cm³/mol. The molecule has 1 aliphatic rings. The van der Waals surface area contributed by atoms with E-state index in [-0.39, 0.29) is 12.5 Å². The summed E-state index contributed by atoms with van der Waals surface area (Å²) in [6.07, 6.45) is 4.37. The molecule has 0 saturated heterocycles. The van der Waals surface area contributed by atoms with Crippen LogP contribution in [0.5, 0.6) is 0 Å². The number of hydrogen-bond donors (Lipinski definition) is 2. The van der Waals surface area contributed by atoms with Crippen molar-refractivity contribution in [1.29, 1.82) is 0 Å². The van der Waals surface area contributed by atoms with Gasteiger partial charge in [0.2, 0.25) is 0 Å². The average Bonchev–Trinajstić information content (AvgIpc) is 3.04. The summed E-state index contributed by atoms with van der Waals surface area (Å²) in [5.74, 6) is -1.08. The van der Waals surface area contributed by atoms with Gasteiger partial charge >= 0.3 is 12.1 Å². The highest BCUT2D eigenvalue weighted by atomic mass is 16.5. The van der Waals surface area contributed by atoms with Crippen LogP contribution in [0.15, 0.2) is 60.2 Å². The Morgan fingerprint density at radius 3 is 2.20 bits per heavy atom. The van der Waals surface area contributed by atoms with Crippen molar-refractivity contribution in [3.8, 4) is 11.1 Å². The van der Waals surface area contributed by atoms with Crippen LogP contribution in [0, 0.1) is 0 Å². The first-order chi connectivity index (χ1) is 14.5. The summed E-state index contributed by atoms with van der Waals surface area (Å²) in [7, 11) is 0. The number of benzene rings is 2. The molecule has 3 rings (SSSR count). The standard InChI is InChI=1S/C25H29NO4/c1-17(2)10-4-3-5-15-23(24(27)28)26-25(29)30-16-22-20-13-8-6-11-18(20)19-12-7-9-14-21(19)22/h6-14,22-23H,3-5,15-16H2,1-2H3,(H,26,29)(H,27,28). The quantitative estimate of drug-likeness (QED) is 0.425. The molecule has 1 amide bonds. The van der Waals surface area contributed by atoms with Crippen LogP contribution in [0.3, 0.4) is 0 Å². The van der Waals surface area contributed by atoms with Gasteiger partial charge in [0.05, 0.1) is 0 Å². The first kappa shape index (κ1) is 21.6. The lowest BCUT2D eigenvalue weighted by molar-refractivity contribution is -0.139. The average molecular weight is 408 g/mol. The van der Waals surface area contributed by atoms with Crippen LogP contribution in [0.2, 0.25) is 0 Å². The fourth-order valence-corrected chi connectivity index (χ4v) is 3.92. The zero-order valence-electron chi connectivity index (χ0n) is 17.6. The molecule has 1 aliphatic carbocycles. The smallest absolute Gasteiger partial charge is 0.407 e. The third kappa shape index (κ3) is 5.29. The largest absolute Gasteiger partial charge is 0.480 e. The molecule has 0 radical (unpaired) electrons. The number of amides is 1. The van der Waals surface area contributed by atoms with E-state index < -0.39 is 18.1 Å². The van der Waals surface area contributed by atoms with E-state index in [2.05, 4.69) is 23.5 Å². The van der Waals surface area contributed by atoms with Crippen molar-refractivity contribution in [2.75, 3.05) is 6.61 Å². The third-order valence-corrected chi connectivity index (χ3v) is 5.43. The van der Waals surface area contributed by atoms with E-state index >= 15 is 0 Å². The van der Waals surface area contributed by atoms with Crippen molar-refractivity contribution in [2.45, 2.75) is 51.5 Å². The highest BCUT2D eigenvalue weighted by Gasteiger charge is 2.29. The van der Waals surface area contributed by atoms with Gasteiger partial charge in [-0.2, -0.15) is 0 Å².